The molecule has 142 valence electrons. The molecule has 6 nitrogen and oxygen atoms in total. The van der Waals surface area contributed by atoms with Crippen molar-refractivity contribution in [2.45, 2.75) is 85.5 Å². The van der Waals surface area contributed by atoms with Crippen molar-refractivity contribution in [1.29, 1.82) is 0 Å². The number of carbonyl (C=O) groups is 2. The molecule has 0 aliphatic carbocycles. The van der Waals surface area contributed by atoms with E-state index in [1.54, 1.807) is 20.8 Å². The van der Waals surface area contributed by atoms with Crippen LogP contribution < -0.4 is 10.6 Å². The molecule has 0 heterocycles. The predicted molar refractivity (Wildman–Crippen MR) is 95.7 cm³/mol. The van der Waals surface area contributed by atoms with Gasteiger partial charge in [-0.3, -0.25) is 4.79 Å². The van der Waals surface area contributed by atoms with E-state index in [-0.39, 0.29) is 18.2 Å². The number of aliphatic hydroxyl groups is 1. The minimum absolute atomic E-state index is 0.0381. The summed E-state index contributed by atoms with van der Waals surface area (Å²) in [7, 11) is 0. The summed E-state index contributed by atoms with van der Waals surface area (Å²) >= 11 is 0. The van der Waals surface area contributed by atoms with Gasteiger partial charge in [0.05, 0.1) is 18.6 Å². The first-order valence-corrected chi connectivity index (χ1v) is 8.88. The third kappa shape index (κ3) is 11.3. The van der Waals surface area contributed by atoms with E-state index in [0.29, 0.717) is 18.9 Å². The zero-order valence-corrected chi connectivity index (χ0v) is 16.3. The van der Waals surface area contributed by atoms with Crippen molar-refractivity contribution in [3.05, 3.63) is 0 Å². The van der Waals surface area contributed by atoms with Gasteiger partial charge in [-0.2, -0.15) is 0 Å². The zero-order valence-electron chi connectivity index (χ0n) is 16.3. The summed E-state index contributed by atoms with van der Waals surface area (Å²) in [5.41, 5.74) is -0.606. The van der Waals surface area contributed by atoms with E-state index >= 15 is 0 Å². The number of hydrogen-bond donors (Lipinski definition) is 3. The molecule has 0 rings (SSSR count). The van der Waals surface area contributed by atoms with Crippen LogP contribution in [0.1, 0.15) is 67.7 Å². The van der Waals surface area contributed by atoms with Crippen LogP contribution in [0.15, 0.2) is 0 Å². The molecule has 24 heavy (non-hydrogen) atoms. The smallest absolute Gasteiger partial charge is 0.407 e. The Bertz CT molecular complexity index is 391. The van der Waals surface area contributed by atoms with Gasteiger partial charge in [0, 0.05) is 6.54 Å². The molecule has 0 unspecified atom stereocenters. The normalized spacial score (nSPS) is 15.5. The van der Waals surface area contributed by atoms with Gasteiger partial charge in [0.25, 0.3) is 0 Å². The summed E-state index contributed by atoms with van der Waals surface area (Å²) in [6, 6.07) is -0.519. The Labute approximate surface area is 146 Å². The molecule has 0 aliphatic heterocycles. The highest BCUT2D eigenvalue weighted by molar-refractivity contribution is 5.76. The molecule has 2 amide bonds. The third-order valence-corrected chi connectivity index (χ3v) is 3.63. The lowest BCUT2D eigenvalue weighted by Crippen LogP contribution is -2.47. The molecule has 0 saturated heterocycles. The van der Waals surface area contributed by atoms with Crippen LogP contribution in [0.2, 0.25) is 0 Å². The Morgan fingerprint density at radius 3 is 2.21 bits per heavy atom. The monoisotopic (exact) mass is 344 g/mol. The fourth-order valence-electron chi connectivity index (χ4n) is 2.12. The summed E-state index contributed by atoms with van der Waals surface area (Å²) in [6.07, 6.45) is -0.00846. The van der Waals surface area contributed by atoms with Crippen LogP contribution in [0.3, 0.4) is 0 Å². The van der Waals surface area contributed by atoms with Gasteiger partial charge < -0.3 is 20.5 Å². The highest BCUT2D eigenvalue weighted by Crippen LogP contribution is 2.13. The number of ether oxygens (including phenoxy) is 1. The van der Waals surface area contributed by atoms with E-state index in [4.69, 9.17) is 4.74 Å². The van der Waals surface area contributed by atoms with Crippen molar-refractivity contribution >= 4 is 12.0 Å². The Hall–Kier alpha value is -1.30. The maximum absolute atomic E-state index is 12.0. The fraction of sp³-hybridized carbons (Fsp3) is 0.889. The van der Waals surface area contributed by atoms with Crippen LogP contribution in [0, 0.1) is 11.8 Å². The van der Waals surface area contributed by atoms with Crippen LogP contribution in [-0.4, -0.2) is 41.4 Å². The number of rotatable bonds is 9. The maximum atomic E-state index is 12.0. The Morgan fingerprint density at radius 2 is 1.75 bits per heavy atom. The van der Waals surface area contributed by atoms with Gasteiger partial charge in [-0.05, 0) is 39.0 Å². The minimum atomic E-state index is -0.947. The zero-order chi connectivity index (χ0) is 18.9. The molecule has 0 saturated carbocycles. The number of amides is 2. The number of hydrogen-bond acceptors (Lipinski definition) is 4. The number of nitrogens with one attached hydrogen (secondary N) is 2. The number of carbonyl (C=O) groups excluding carboxylic acids is 2. The molecule has 3 N–H and O–H groups in total. The van der Waals surface area contributed by atoms with Crippen LogP contribution in [0.5, 0.6) is 0 Å². The summed E-state index contributed by atoms with van der Waals surface area (Å²) in [5, 5.41) is 15.9. The van der Waals surface area contributed by atoms with Crippen molar-refractivity contribution in [2.24, 2.45) is 11.8 Å². The molecule has 0 fully saturated rings. The first-order valence-electron chi connectivity index (χ1n) is 8.88. The Balaban J connectivity index is 4.62. The molecule has 0 spiro atoms. The van der Waals surface area contributed by atoms with Gasteiger partial charge in [-0.25, -0.2) is 4.79 Å². The van der Waals surface area contributed by atoms with Crippen molar-refractivity contribution in [3.63, 3.8) is 0 Å². The quantitative estimate of drug-likeness (QED) is 0.600. The van der Waals surface area contributed by atoms with E-state index in [0.717, 1.165) is 6.42 Å². The topological polar surface area (TPSA) is 87.7 Å². The molecule has 0 aliphatic rings. The van der Waals surface area contributed by atoms with Gasteiger partial charge >= 0.3 is 6.09 Å². The van der Waals surface area contributed by atoms with Gasteiger partial charge in [-0.15, -0.1) is 0 Å². The summed E-state index contributed by atoms with van der Waals surface area (Å²) < 4.78 is 5.24. The van der Waals surface area contributed by atoms with Crippen molar-refractivity contribution in [2.75, 3.05) is 6.54 Å². The lowest BCUT2D eigenvalue weighted by atomic mass is 9.97. The largest absolute Gasteiger partial charge is 0.444 e. The minimum Gasteiger partial charge on any atom is -0.444 e. The van der Waals surface area contributed by atoms with Crippen LogP contribution >= 0.6 is 0 Å². The van der Waals surface area contributed by atoms with Crippen LogP contribution in [0.4, 0.5) is 4.79 Å². The number of alkyl carbamates (subject to hydrolysis) is 1. The molecule has 0 aromatic carbocycles. The molecule has 0 aromatic rings. The summed E-state index contributed by atoms with van der Waals surface area (Å²) in [5.74, 6) is 0.461. The van der Waals surface area contributed by atoms with E-state index in [2.05, 4.69) is 24.5 Å². The van der Waals surface area contributed by atoms with Gasteiger partial charge in [0.15, 0.2) is 0 Å². The molecule has 6 heteroatoms. The van der Waals surface area contributed by atoms with Crippen molar-refractivity contribution < 1.29 is 19.4 Å². The second kappa shape index (κ2) is 10.5. The molecular formula is C18H36N2O4. The average molecular weight is 344 g/mol. The second-order valence-electron chi connectivity index (χ2n) is 7.97. The third-order valence-electron chi connectivity index (χ3n) is 3.63. The van der Waals surface area contributed by atoms with E-state index in [1.165, 1.54) is 0 Å². The molecule has 3 atom stereocenters. The van der Waals surface area contributed by atoms with Crippen molar-refractivity contribution in [3.8, 4) is 0 Å². The lowest BCUT2D eigenvalue weighted by Gasteiger charge is -2.27. The number of aliphatic hydroxyl groups excluding tert-OH is 1. The van der Waals surface area contributed by atoms with Gasteiger partial charge in [0.2, 0.25) is 5.91 Å². The summed E-state index contributed by atoms with van der Waals surface area (Å²) in [6.45, 7) is 14.1. The van der Waals surface area contributed by atoms with Gasteiger partial charge in [-0.1, -0.05) is 34.1 Å². The Morgan fingerprint density at radius 1 is 1.17 bits per heavy atom. The first kappa shape index (κ1) is 22.7. The second-order valence-corrected chi connectivity index (χ2v) is 7.97. The highest BCUT2D eigenvalue weighted by atomic mass is 16.6. The van der Waals surface area contributed by atoms with Crippen LogP contribution in [-0.2, 0) is 9.53 Å². The SMILES string of the molecule is CC[C@H](C)CNC(=O)C[C@H](O)[C@H](CC(C)C)NC(=O)OC(C)(C)C. The lowest BCUT2D eigenvalue weighted by molar-refractivity contribution is -0.123. The molecular weight excluding hydrogens is 308 g/mol. The van der Waals surface area contributed by atoms with E-state index < -0.39 is 23.8 Å². The molecule has 0 bridgehead atoms. The molecule has 0 radical (unpaired) electrons. The van der Waals surface area contributed by atoms with Gasteiger partial charge in [0.1, 0.15) is 5.60 Å². The Kier molecular flexibility index (Phi) is 9.97. The first-order chi connectivity index (χ1) is 10.9. The molecule has 0 aromatic heterocycles. The van der Waals surface area contributed by atoms with E-state index in [1.807, 2.05) is 13.8 Å². The standard InChI is InChI=1S/C18H36N2O4/c1-8-13(4)11-19-16(22)10-15(21)14(9-12(2)3)20-17(23)24-18(5,6)7/h12-15,21H,8-11H2,1-7H3,(H,19,22)(H,20,23)/t13-,14-,15-/m0/s1. The van der Waals surface area contributed by atoms with Crippen LogP contribution in [0.25, 0.3) is 0 Å². The van der Waals surface area contributed by atoms with Crippen molar-refractivity contribution in [1.82, 2.24) is 10.6 Å². The summed E-state index contributed by atoms with van der Waals surface area (Å²) in [4.78, 5) is 23.9. The average Bonchev–Trinajstić information content (AvgIpc) is 2.41. The van der Waals surface area contributed by atoms with E-state index in [9.17, 15) is 14.7 Å². The maximum Gasteiger partial charge on any atom is 0.407 e. The predicted octanol–water partition coefficient (Wildman–Crippen LogP) is 2.84. The highest BCUT2D eigenvalue weighted by Gasteiger charge is 2.27. The fourth-order valence-corrected chi connectivity index (χ4v) is 2.12.